The van der Waals surface area contributed by atoms with Crippen LogP contribution in [0.1, 0.15) is 39.0 Å². The van der Waals surface area contributed by atoms with Crippen LogP contribution in [0.3, 0.4) is 0 Å². The van der Waals surface area contributed by atoms with Crippen LogP contribution in [0.4, 0.5) is 0 Å². The standard InChI is InChI=1S/C15H24BrNO/c1-2-3-11-17-12-5-4-6-13-18-15-9-7-14(16)8-10-15/h7-10,17H,2-6,11-13H2,1H3/p+1. The van der Waals surface area contributed by atoms with Gasteiger partial charge in [-0.25, -0.2) is 0 Å². The van der Waals surface area contributed by atoms with Crippen LogP contribution in [0.15, 0.2) is 28.7 Å². The van der Waals surface area contributed by atoms with Crippen LogP contribution in [-0.4, -0.2) is 19.7 Å². The highest BCUT2D eigenvalue weighted by atomic mass is 79.9. The van der Waals surface area contributed by atoms with Gasteiger partial charge in [0.15, 0.2) is 0 Å². The Morgan fingerprint density at radius 1 is 1.00 bits per heavy atom. The van der Waals surface area contributed by atoms with Gasteiger partial charge in [0.2, 0.25) is 0 Å². The fourth-order valence-corrected chi connectivity index (χ4v) is 2.05. The molecule has 0 aromatic heterocycles. The zero-order valence-corrected chi connectivity index (χ0v) is 12.9. The van der Waals surface area contributed by atoms with Gasteiger partial charge >= 0.3 is 0 Å². The lowest BCUT2D eigenvalue weighted by Crippen LogP contribution is -2.84. The Kier molecular flexibility index (Phi) is 8.96. The van der Waals surface area contributed by atoms with E-state index < -0.39 is 0 Å². The van der Waals surface area contributed by atoms with Gasteiger partial charge in [-0.1, -0.05) is 29.3 Å². The van der Waals surface area contributed by atoms with Crippen molar-refractivity contribution in [2.45, 2.75) is 39.0 Å². The summed E-state index contributed by atoms with van der Waals surface area (Å²) in [5.41, 5.74) is 0. The average molecular weight is 315 g/mol. The van der Waals surface area contributed by atoms with Crippen LogP contribution >= 0.6 is 15.9 Å². The van der Waals surface area contributed by atoms with Crippen LogP contribution in [-0.2, 0) is 0 Å². The maximum atomic E-state index is 5.68. The number of hydrogen-bond donors (Lipinski definition) is 1. The molecule has 0 spiro atoms. The number of benzene rings is 1. The van der Waals surface area contributed by atoms with Gasteiger partial charge in [-0.2, -0.15) is 0 Å². The Labute approximate surface area is 119 Å². The molecule has 0 unspecified atom stereocenters. The minimum Gasteiger partial charge on any atom is -0.494 e. The molecule has 1 aromatic rings. The molecular formula is C15H25BrNO+. The first-order valence-electron chi connectivity index (χ1n) is 7.03. The lowest BCUT2D eigenvalue weighted by molar-refractivity contribution is -0.655. The van der Waals surface area contributed by atoms with Gasteiger partial charge in [-0.05, 0) is 49.9 Å². The van der Waals surface area contributed by atoms with Crippen molar-refractivity contribution in [3.63, 3.8) is 0 Å². The molecule has 1 rings (SSSR count). The second-order valence-corrected chi connectivity index (χ2v) is 5.50. The maximum Gasteiger partial charge on any atom is 0.119 e. The van der Waals surface area contributed by atoms with Crippen molar-refractivity contribution >= 4 is 15.9 Å². The number of quaternary nitrogens is 1. The van der Waals surface area contributed by atoms with Crippen molar-refractivity contribution in [2.24, 2.45) is 0 Å². The van der Waals surface area contributed by atoms with Gasteiger partial charge in [0.05, 0.1) is 19.7 Å². The van der Waals surface area contributed by atoms with E-state index in [2.05, 4.69) is 28.2 Å². The van der Waals surface area contributed by atoms with Crippen molar-refractivity contribution in [2.75, 3.05) is 19.7 Å². The Morgan fingerprint density at radius 2 is 1.72 bits per heavy atom. The molecular weight excluding hydrogens is 290 g/mol. The van der Waals surface area contributed by atoms with Crippen LogP contribution in [0.2, 0.25) is 0 Å². The molecule has 0 radical (unpaired) electrons. The van der Waals surface area contributed by atoms with Crippen molar-refractivity contribution in [3.05, 3.63) is 28.7 Å². The second-order valence-electron chi connectivity index (χ2n) is 4.58. The summed E-state index contributed by atoms with van der Waals surface area (Å²) >= 11 is 3.41. The third-order valence-electron chi connectivity index (χ3n) is 2.90. The first-order valence-corrected chi connectivity index (χ1v) is 7.82. The van der Waals surface area contributed by atoms with E-state index >= 15 is 0 Å². The van der Waals surface area contributed by atoms with Gasteiger partial charge < -0.3 is 10.1 Å². The highest BCUT2D eigenvalue weighted by molar-refractivity contribution is 9.10. The molecule has 102 valence electrons. The normalized spacial score (nSPS) is 10.6. The molecule has 18 heavy (non-hydrogen) atoms. The average Bonchev–Trinajstić information content (AvgIpc) is 2.39. The summed E-state index contributed by atoms with van der Waals surface area (Å²) in [5.74, 6) is 0.965. The summed E-state index contributed by atoms with van der Waals surface area (Å²) in [4.78, 5) is 0. The Hall–Kier alpha value is -0.540. The number of halogens is 1. The van der Waals surface area contributed by atoms with Gasteiger partial charge in [0.25, 0.3) is 0 Å². The minimum absolute atomic E-state index is 0.830. The Balaban J connectivity index is 1.91. The van der Waals surface area contributed by atoms with E-state index in [9.17, 15) is 0 Å². The third-order valence-corrected chi connectivity index (χ3v) is 3.43. The topological polar surface area (TPSA) is 25.8 Å². The second kappa shape index (κ2) is 10.4. The van der Waals surface area contributed by atoms with E-state index in [0.717, 1.165) is 23.2 Å². The van der Waals surface area contributed by atoms with Crippen molar-refractivity contribution in [1.29, 1.82) is 0 Å². The highest BCUT2D eigenvalue weighted by Crippen LogP contribution is 2.16. The van der Waals surface area contributed by atoms with E-state index in [1.54, 1.807) is 0 Å². The predicted molar refractivity (Wildman–Crippen MR) is 80.1 cm³/mol. The summed E-state index contributed by atoms with van der Waals surface area (Å²) in [5, 5.41) is 2.43. The Bertz CT molecular complexity index is 300. The molecule has 0 aliphatic carbocycles. The minimum atomic E-state index is 0.830. The molecule has 0 atom stereocenters. The summed E-state index contributed by atoms with van der Waals surface area (Å²) in [6.45, 7) is 5.62. The smallest absolute Gasteiger partial charge is 0.119 e. The first-order chi connectivity index (χ1) is 8.83. The largest absolute Gasteiger partial charge is 0.494 e. The van der Waals surface area contributed by atoms with Gasteiger partial charge in [-0.3, -0.25) is 0 Å². The SMILES string of the molecule is CCCC[NH2+]CCCCCOc1ccc(Br)cc1. The van der Waals surface area contributed by atoms with E-state index in [0.29, 0.717) is 0 Å². The molecule has 0 fully saturated rings. The van der Waals surface area contributed by atoms with Crippen LogP contribution in [0, 0.1) is 0 Å². The van der Waals surface area contributed by atoms with Gasteiger partial charge in [-0.15, -0.1) is 0 Å². The van der Waals surface area contributed by atoms with Crippen molar-refractivity contribution < 1.29 is 10.1 Å². The summed E-state index contributed by atoms with van der Waals surface area (Å²) in [7, 11) is 0. The Morgan fingerprint density at radius 3 is 2.44 bits per heavy atom. The zero-order chi connectivity index (χ0) is 13.1. The quantitative estimate of drug-likeness (QED) is 0.658. The van der Waals surface area contributed by atoms with Crippen molar-refractivity contribution in [1.82, 2.24) is 0 Å². The van der Waals surface area contributed by atoms with Crippen LogP contribution in [0.5, 0.6) is 5.75 Å². The molecule has 1 aromatic carbocycles. The third kappa shape index (κ3) is 7.72. The van der Waals surface area contributed by atoms with Gasteiger partial charge in [0, 0.05) is 4.47 Å². The van der Waals surface area contributed by atoms with E-state index in [1.165, 1.54) is 38.8 Å². The molecule has 0 bridgehead atoms. The highest BCUT2D eigenvalue weighted by Gasteiger charge is 1.95. The molecule has 0 saturated carbocycles. The molecule has 2 nitrogen and oxygen atoms in total. The summed E-state index contributed by atoms with van der Waals surface area (Å²) in [6, 6.07) is 8.03. The lowest BCUT2D eigenvalue weighted by atomic mass is 10.2. The molecule has 0 saturated heterocycles. The number of ether oxygens (including phenoxy) is 1. The van der Waals surface area contributed by atoms with E-state index in [4.69, 9.17) is 4.74 Å². The van der Waals surface area contributed by atoms with Crippen molar-refractivity contribution in [3.8, 4) is 5.75 Å². The fraction of sp³-hybridized carbons (Fsp3) is 0.600. The van der Waals surface area contributed by atoms with E-state index in [-0.39, 0.29) is 0 Å². The maximum absolute atomic E-state index is 5.68. The molecule has 2 N–H and O–H groups in total. The number of rotatable bonds is 10. The van der Waals surface area contributed by atoms with Crippen LogP contribution in [0.25, 0.3) is 0 Å². The first kappa shape index (κ1) is 15.5. The fourth-order valence-electron chi connectivity index (χ4n) is 1.78. The van der Waals surface area contributed by atoms with Crippen LogP contribution < -0.4 is 10.1 Å². The molecule has 0 amide bonds. The summed E-state index contributed by atoms with van der Waals surface area (Å²) in [6.07, 6.45) is 6.36. The van der Waals surface area contributed by atoms with E-state index in [1.807, 2.05) is 24.3 Å². The molecule has 3 heteroatoms. The lowest BCUT2D eigenvalue weighted by Gasteiger charge is -2.06. The monoisotopic (exact) mass is 314 g/mol. The molecule has 0 heterocycles. The number of hydrogen-bond acceptors (Lipinski definition) is 1. The molecule has 0 aliphatic heterocycles. The summed E-state index contributed by atoms with van der Waals surface area (Å²) < 4.78 is 6.77. The number of nitrogens with two attached hydrogens (primary N) is 1. The number of unbranched alkanes of at least 4 members (excludes halogenated alkanes) is 3. The zero-order valence-electron chi connectivity index (χ0n) is 11.3. The van der Waals surface area contributed by atoms with Gasteiger partial charge in [0.1, 0.15) is 5.75 Å². The predicted octanol–water partition coefficient (Wildman–Crippen LogP) is 3.36. The molecule has 0 aliphatic rings.